The standard InChI is InChI=1S/C17H10Cl3N3O3S/c18-11-3-6-13(19)16(7-11)27(25,26)23-12-4-1-10(2-5-12)14-8-21-15(9-24)17(20)22-14/h1-9,23H. The van der Waals surface area contributed by atoms with E-state index >= 15 is 0 Å². The molecule has 1 aromatic heterocycles. The Bertz CT molecular complexity index is 1120. The molecule has 1 heterocycles. The van der Waals surface area contributed by atoms with Crippen LogP contribution in [0.2, 0.25) is 15.2 Å². The molecule has 10 heteroatoms. The van der Waals surface area contributed by atoms with Gasteiger partial charge in [-0.1, -0.05) is 46.9 Å². The predicted molar refractivity (Wildman–Crippen MR) is 105 cm³/mol. The van der Waals surface area contributed by atoms with Crippen molar-refractivity contribution < 1.29 is 13.2 Å². The van der Waals surface area contributed by atoms with Crippen LogP contribution in [0.25, 0.3) is 11.3 Å². The van der Waals surface area contributed by atoms with Crippen molar-refractivity contribution in [2.45, 2.75) is 4.90 Å². The summed E-state index contributed by atoms with van der Waals surface area (Å²) in [6, 6.07) is 10.6. The Balaban J connectivity index is 1.86. The Morgan fingerprint density at radius 1 is 1.00 bits per heavy atom. The van der Waals surface area contributed by atoms with Crippen molar-refractivity contribution in [2.75, 3.05) is 4.72 Å². The first-order valence-electron chi connectivity index (χ1n) is 7.36. The van der Waals surface area contributed by atoms with Crippen molar-refractivity contribution in [3.8, 4) is 11.3 Å². The first-order chi connectivity index (χ1) is 12.8. The molecule has 6 nitrogen and oxygen atoms in total. The number of rotatable bonds is 5. The molecule has 0 bridgehead atoms. The first kappa shape index (κ1) is 19.6. The number of carbonyl (C=O) groups excluding carboxylic acids is 1. The fourth-order valence-corrected chi connectivity index (χ4v) is 4.20. The second kappa shape index (κ2) is 7.82. The number of halogens is 3. The lowest BCUT2D eigenvalue weighted by molar-refractivity contribution is 0.111. The van der Waals surface area contributed by atoms with E-state index in [1.165, 1.54) is 24.4 Å². The molecule has 0 unspecified atom stereocenters. The van der Waals surface area contributed by atoms with Gasteiger partial charge in [-0.05, 0) is 30.3 Å². The van der Waals surface area contributed by atoms with Crippen molar-refractivity contribution in [3.05, 3.63) is 69.6 Å². The van der Waals surface area contributed by atoms with E-state index < -0.39 is 10.0 Å². The van der Waals surface area contributed by atoms with Crippen LogP contribution in [-0.2, 0) is 10.0 Å². The molecule has 3 rings (SSSR count). The molecule has 27 heavy (non-hydrogen) atoms. The number of benzene rings is 2. The molecule has 138 valence electrons. The molecule has 3 aromatic rings. The Hall–Kier alpha value is -2.19. The molecule has 2 aromatic carbocycles. The summed E-state index contributed by atoms with van der Waals surface area (Å²) >= 11 is 17.7. The average molecular weight is 443 g/mol. The number of aldehydes is 1. The van der Waals surface area contributed by atoms with Crippen LogP contribution in [-0.4, -0.2) is 24.7 Å². The van der Waals surface area contributed by atoms with Crippen LogP contribution in [0.3, 0.4) is 0 Å². The third-order valence-corrected chi connectivity index (χ3v) is 5.86. The van der Waals surface area contributed by atoms with Crippen LogP contribution in [0.1, 0.15) is 10.5 Å². The molecule has 0 aliphatic rings. The maximum absolute atomic E-state index is 12.5. The van der Waals surface area contributed by atoms with Crippen molar-refractivity contribution in [1.29, 1.82) is 0 Å². The van der Waals surface area contributed by atoms with E-state index in [1.807, 2.05) is 0 Å². The van der Waals surface area contributed by atoms with Gasteiger partial charge in [-0.2, -0.15) is 0 Å². The molecule has 0 aliphatic carbocycles. The number of hydrogen-bond acceptors (Lipinski definition) is 5. The van der Waals surface area contributed by atoms with Crippen LogP contribution < -0.4 is 4.72 Å². The number of aromatic nitrogens is 2. The maximum Gasteiger partial charge on any atom is 0.263 e. The van der Waals surface area contributed by atoms with Crippen molar-refractivity contribution in [3.63, 3.8) is 0 Å². The Morgan fingerprint density at radius 3 is 2.33 bits per heavy atom. The molecule has 0 spiro atoms. The zero-order valence-corrected chi connectivity index (χ0v) is 16.4. The van der Waals surface area contributed by atoms with Crippen LogP contribution in [0.4, 0.5) is 5.69 Å². The van der Waals surface area contributed by atoms with Crippen LogP contribution in [0, 0.1) is 0 Å². The Labute approximate surface area is 170 Å². The largest absolute Gasteiger partial charge is 0.296 e. The molecule has 0 saturated carbocycles. The SMILES string of the molecule is O=Cc1ncc(-c2ccc(NS(=O)(=O)c3cc(Cl)ccc3Cl)cc2)nc1Cl. The van der Waals surface area contributed by atoms with E-state index in [1.54, 1.807) is 24.3 Å². The lowest BCUT2D eigenvalue weighted by atomic mass is 10.1. The average Bonchev–Trinajstić information content (AvgIpc) is 2.64. The fraction of sp³-hybridized carbons (Fsp3) is 0. The summed E-state index contributed by atoms with van der Waals surface area (Å²) in [6.45, 7) is 0. The predicted octanol–water partition coefficient (Wildman–Crippen LogP) is 4.72. The van der Waals surface area contributed by atoms with E-state index in [4.69, 9.17) is 34.8 Å². The molecule has 0 aliphatic heterocycles. The molecule has 0 atom stereocenters. The Morgan fingerprint density at radius 2 is 1.70 bits per heavy atom. The minimum absolute atomic E-state index is 0.0112. The second-order valence-electron chi connectivity index (χ2n) is 5.31. The molecular formula is C17H10Cl3N3O3S. The number of anilines is 1. The lowest BCUT2D eigenvalue weighted by Crippen LogP contribution is -2.13. The summed E-state index contributed by atoms with van der Waals surface area (Å²) < 4.78 is 27.5. The summed E-state index contributed by atoms with van der Waals surface area (Å²) in [5, 5.41) is 0.302. The van der Waals surface area contributed by atoms with E-state index in [2.05, 4.69) is 14.7 Å². The number of hydrogen-bond donors (Lipinski definition) is 1. The zero-order valence-electron chi connectivity index (χ0n) is 13.4. The molecule has 0 radical (unpaired) electrons. The van der Waals surface area contributed by atoms with Crippen molar-refractivity contribution >= 4 is 56.8 Å². The third kappa shape index (κ3) is 4.39. The second-order valence-corrected chi connectivity index (χ2v) is 8.16. The minimum Gasteiger partial charge on any atom is -0.296 e. The highest BCUT2D eigenvalue weighted by molar-refractivity contribution is 7.92. The zero-order chi connectivity index (χ0) is 19.6. The van der Waals surface area contributed by atoms with Gasteiger partial charge in [0.05, 0.1) is 16.9 Å². The lowest BCUT2D eigenvalue weighted by Gasteiger charge is -2.10. The normalized spacial score (nSPS) is 11.2. The van der Waals surface area contributed by atoms with Gasteiger partial charge in [-0.25, -0.2) is 18.4 Å². The quantitative estimate of drug-likeness (QED) is 0.578. The van der Waals surface area contributed by atoms with Crippen molar-refractivity contribution in [2.24, 2.45) is 0 Å². The van der Waals surface area contributed by atoms with E-state index in [0.29, 0.717) is 23.2 Å². The van der Waals surface area contributed by atoms with Gasteiger partial charge in [0.1, 0.15) is 10.6 Å². The van der Waals surface area contributed by atoms with Gasteiger partial charge in [0.2, 0.25) is 0 Å². The molecule has 1 N–H and O–H groups in total. The highest BCUT2D eigenvalue weighted by atomic mass is 35.5. The summed E-state index contributed by atoms with van der Waals surface area (Å²) in [7, 11) is -3.91. The van der Waals surface area contributed by atoms with E-state index in [-0.39, 0.29) is 25.8 Å². The van der Waals surface area contributed by atoms with Crippen molar-refractivity contribution in [1.82, 2.24) is 9.97 Å². The maximum atomic E-state index is 12.5. The van der Waals surface area contributed by atoms with Crippen LogP contribution in [0.5, 0.6) is 0 Å². The van der Waals surface area contributed by atoms with Gasteiger partial charge in [0, 0.05) is 16.3 Å². The number of nitrogens with zero attached hydrogens (tertiary/aromatic N) is 2. The summed E-state index contributed by atoms with van der Waals surface area (Å²) in [4.78, 5) is 18.6. The Kier molecular flexibility index (Phi) is 5.67. The summed E-state index contributed by atoms with van der Waals surface area (Å²) in [6.07, 6.45) is 1.92. The number of carbonyl (C=O) groups is 1. The summed E-state index contributed by atoms with van der Waals surface area (Å²) in [5.74, 6) is 0. The van der Waals surface area contributed by atoms with Gasteiger partial charge in [0.15, 0.2) is 11.4 Å². The highest BCUT2D eigenvalue weighted by Gasteiger charge is 2.18. The van der Waals surface area contributed by atoms with E-state index in [9.17, 15) is 13.2 Å². The molecule has 0 amide bonds. The summed E-state index contributed by atoms with van der Waals surface area (Å²) in [5.41, 5.74) is 1.45. The monoisotopic (exact) mass is 441 g/mol. The number of nitrogens with one attached hydrogen (secondary N) is 1. The van der Waals surface area contributed by atoms with Crippen LogP contribution >= 0.6 is 34.8 Å². The smallest absolute Gasteiger partial charge is 0.263 e. The van der Waals surface area contributed by atoms with Gasteiger partial charge in [-0.3, -0.25) is 9.52 Å². The number of sulfonamides is 1. The van der Waals surface area contributed by atoms with Gasteiger partial charge >= 0.3 is 0 Å². The fourth-order valence-electron chi connectivity index (χ4n) is 2.20. The minimum atomic E-state index is -3.91. The highest BCUT2D eigenvalue weighted by Crippen LogP contribution is 2.28. The van der Waals surface area contributed by atoms with Crippen LogP contribution in [0.15, 0.2) is 53.6 Å². The topological polar surface area (TPSA) is 89.0 Å². The molecule has 0 fully saturated rings. The van der Waals surface area contributed by atoms with Gasteiger partial charge in [-0.15, -0.1) is 0 Å². The van der Waals surface area contributed by atoms with Gasteiger partial charge < -0.3 is 0 Å². The molecule has 0 saturated heterocycles. The first-order valence-corrected chi connectivity index (χ1v) is 9.98. The van der Waals surface area contributed by atoms with Gasteiger partial charge in [0.25, 0.3) is 10.0 Å². The van der Waals surface area contributed by atoms with E-state index in [0.717, 1.165) is 0 Å². The third-order valence-electron chi connectivity index (χ3n) is 3.48. The molecular weight excluding hydrogens is 433 g/mol.